The monoisotopic (exact) mass is 341 g/mol. The Bertz CT molecular complexity index is 1010. The predicted octanol–water partition coefficient (Wildman–Crippen LogP) is 1.37. The first kappa shape index (κ1) is 15.8. The molecule has 3 heterocycles. The van der Waals surface area contributed by atoms with Crippen molar-refractivity contribution < 1.29 is 14.3 Å². The van der Waals surface area contributed by atoms with Gasteiger partial charge < -0.3 is 14.4 Å². The summed E-state index contributed by atoms with van der Waals surface area (Å²) in [6.07, 6.45) is 1.61. The van der Waals surface area contributed by atoms with Crippen molar-refractivity contribution in [3.05, 3.63) is 40.9 Å². The second-order valence-corrected chi connectivity index (χ2v) is 6.63. The van der Waals surface area contributed by atoms with Gasteiger partial charge in [0.15, 0.2) is 0 Å². The number of carbonyl (C=O) groups excluding carboxylic acids is 1. The Labute approximate surface area is 143 Å². The maximum atomic E-state index is 12.6. The number of hydrogen-bond acceptors (Lipinski definition) is 5. The molecule has 1 aliphatic heterocycles. The summed E-state index contributed by atoms with van der Waals surface area (Å²) < 4.78 is 6.88. The number of rotatable bonds is 2. The molecule has 2 unspecified atom stereocenters. The molecule has 1 aliphatic rings. The lowest BCUT2D eigenvalue weighted by atomic mass is 9.96. The molecule has 2 atom stereocenters. The van der Waals surface area contributed by atoms with Gasteiger partial charge in [0, 0.05) is 18.5 Å². The number of hydrogen-bond donors (Lipinski definition) is 1. The van der Waals surface area contributed by atoms with Crippen LogP contribution >= 0.6 is 0 Å². The largest absolute Gasteiger partial charge is 0.448 e. The third kappa shape index (κ3) is 2.70. The van der Waals surface area contributed by atoms with Crippen LogP contribution in [0.1, 0.15) is 13.3 Å². The first-order valence-electron chi connectivity index (χ1n) is 8.37. The fourth-order valence-electron chi connectivity index (χ4n) is 3.25. The molecule has 25 heavy (non-hydrogen) atoms. The van der Waals surface area contributed by atoms with E-state index in [1.807, 2.05) is 25.1 Å². The van der Waals surface area contributed by atoms with Gasteiger partial charge in [0.05, 0.1) is 12.4 Å². The molecule has 0 aliphatic carbocycles. The molecule has 0 bridgehead atoms. The number of aliphatic hydroxyl groups excluding tert-OH is 1. The maximum Gasteiger partial charge on any atom is 0.297 e. The molecule has 3 aromatic rings. The van der Waals surface area contributed by atoms with Crippen LogP contribution in [0.25, 0.3) is 22.1 Å². The average molecular weight is 341 g/mol. The van der Waals surface area contributed by atoms with Crippen molar-refractivity contribution in [1.29, 1.82) is 0 Å². The van der Waals surface area contributed by atoms with Crippen LogP contribution in [0.4, 0.5) is 0 Å². The van der Waals surface area contributed by atoms with E-state index in [4.69, 9.17) is 4.42 Å². The molecule has 0 spiro atoms. The van der Waals surface area contributed by atoms with E-state index in [2.05, 4.69) is 4.98 Å². The van der Waals surface area contributed by atoms with Gasteiger partial charge in [-0.2, -0.15) is 0 Å². The van der Waals surface area contributed by atoms with Gasteiger partial charge >= 0.3 is 0 Å². The molecule has 1 aromatic carbocycles. The minimum atomic E-state index is -0.523. The maximum absolute atomic E-state index is 12.6. The molecule has 7 heteroatoms. The van der Waals surface area contributed by atoms with Gasteiger partial charge in [0.25, 0.3) is 5.56 Å². The van der Waals surface area contributed by atoms with Crippen molar-refractivity contribution >= 4 is 28.0 Å². The molecule has 1 N–H and O–H groups in total. The van der Waals surface area contributed by atoms with Crippen LogP contribution in [0.2, 0.25) is 0 Å². The molecular formula is C18H19N3O4. The number of furan rings is 1. The highest BCUT2D eigenvalue weighted by Crippen LogP contribution is 2.24. The van der Waals surface area contributed by atoms with Gasteiger partial charge in [-0.15, -0.1) is 0 Å². The van der Waals surface area contributed by atoms with Gasteiger partial charge in [-0.1, -0.05) is 19.1 Å². The highest BCUT2D eigenvalue weighted by atomic mass is 16.3. The molecule has 1 amide bonds. The molecule has 1 saturated heterocycles. The molecule has 130 valence electrons. The fraction of sp³-hybridized carbons (Fsp3) is 0.389. The van der Waals surface area contributed by atoms with Crippen LogP contribution in [0.5, 0.6) is 0 Å². The van der Waals surface area contributed by atoms with Crippen LogP contribution in [0.15, 0.2) is 39.8 Å². The van der Waals surface area contributed by atoms with E-state index < -0.39 is 6.10 Å². The fourth-order valence-corrected chi connectivity index (χ4v) is 3.25. The normalized spacial score (nSPS) is 21.1. The quantitative estimate of drug-likeness (QED) is 0.760. The molecule has 1 fully saturated rings. The van der Waals surface area contributed by atoms with Gasteiger partial charge in [0.1, 0.15) is 17.6 Å². The summed E-state index contributed by atoms with van der Waals surface area (Å²) in [6, 6.07) is 7.31. The highest BCUT2D eigenvalue weighted by molar-refractivity contribution is 6.01. The first-order valence-corrected chi connectivity index (χ1v) is 8.37. The van der Waals surface area contributed by atoms with E-state index in [0.29, 0.717) is 24.2 Å². The van der Waals surface area contributed by atoms with Crippen LogP contribution in [-0.4, -0.2) is 44.7 Å². The average Bonchev–Trinajstić information content (AvgIpc) is 2.99. The zero-order chi connectivity index (χ0) is 17.6. The van der Waals surface area contributed by atoms with Gasteiger partial charge in [-0.3, -0.25) is 14.2 Å². The van der Waals surface area contributed by atoms with E-state index in [9.17, 15) is 14.7 Å². The van der Waals surface area contributed by atoms with Crippen molar-refractivity contribution in [2.45, 2.75) is 26.0 Å². The number of aliphatic hydroxyl groups is 1. The minimum absolute atomic E-state index is 0.111. The smallest absolute Gasteiger partial charge is 0.297 e. The topological polar surface area (TPSA) is 88.6 Å². The number of nitrogens with zero attached hydrogens (tertiary/aromatic N) is 3. The number of para-hydroxylation sites is 1. The van der Waals surface area contributed by atoms with Crippen molar-refractivity contribution in [3.63, 3.8) is 0 Å². The standard InChI is InChI=1S/C18H19N3O4/c1-11-6-7-20(8-13(11)22)15(23)9-21-10-19-16-12-4-2-3-5-14(12)25-17(16)18(21)24/h2-5,10-11,13,22H,6-9H2,1H3. The number of amides is 1. The molecule has 4 rings (SSSR count). The van der Waals surface area contributed by atoms with E-state index in [0.717, 1.165) is 11.8 Å². The summed E-state index contributed by atoms with van der Waals surface area (Å²) in [6.45, 7) is 2.75. The van der Waals surface area contributed by atoms with Gasteiger partial charge in [-0.05, 0) is 24.5 Å². The van der Waals surface area contributed by atoms with Gasteiger partial charge in [0.2, 0.25) is 11.5 Å². The Morgan fingerprint density at radius 1 is 1.40 bits per heavy atom. The summed E-state index contributed by atoms with van der Waals surface area (Å²) in [5.74, 6) is -0.0225. The van der Waals surface area contributed by atoms with Crippen LogP contribution in [0, 0.1) is 5.92 Å². The number of aromatic nitrogens is 2. The summed E-state index contributed by atoms with van der Waals surface area (Å²) in [4.78, 5) is 31.0. The summed E-state index contributed by atoms with van der Waals surface area (Å²) in [5, 5.41) is 10.7. The molecule has 0 saturated carbocycles. The Hall–Kier alpha value is -2.67. The first-order chi connectivity index (χ1) is 12.0. The second kappa shape index (κ2) is 6.00. The lowest BCUT2D eigenvalue weighted by Crippen LogP contribution is -2.47. The van der Waals surface area contributed by atoms with E-state index in [1.165, 1.54) is 10.9 Å². The summed E-state index contributed by atoms with van der Waals surface area (Å²) in [7, 11) is 0. The number of benzene rings is 1. The highest BCUT2D eigenvalue weighted by Gasteiger charge is 2.27. The Kier molecular flexibility index (Phi) is 3.80. The number of likely N-dealkylation sites (tertiary alicyclic amines) is 1. The zero-order valence-electron chi connectivity index (χ0n) is 13.9. The molecule has 7 nitrogen and oxygen atoms in total. The predicted molar refractivity (Wildman–Crippen MR) is 92.1 cm³/mol. The molecule has 2 aromatic heterocycles. The number of carbonyl (C=O) groups is 1. The van der Waals surface area contributed by atoms with Crippen molar-refractivity contribution in [3.8, 4) is 0 Å². The van der Waals surface area contributed by atoms with Crippen LogP contribution in [0.3, 0.4) is 0 Å². The number of fused-ring (bicyclic) bond motifs is 3. The van der Waals surface area contributed by atoms with Crippen LogP contribution in [-0.2, 0) is 11.3 Å². The van der Waals surface area contributed by atoms with Crippen LogP contribution < -0.4 is 5.56 Å². The lowest BCUT2D eigenvalue weighted by Gasteiger charge is -2.34. The summed E-state index contributed by atoms with van der Waals surface area (Å²) >= 11 is 0. The second-order valence-electron chi connectivity index (χ2n) is 6.63. The number of β-amino-alcohol motifs (C(OH)–C–C–N with tert-alkyl or cyclic N) is 1. The molecular weight excluding hydrogens is 322 g/mol. The zero-order valence-corrected chi connectivity index (χ0v) is 13.9. The summed E-state index contributed by atoms with van der Waals surface area (Å²) in [5.41, 5.74) is 0.884. The van der Waals surface area contributed by atoms with Crippen molar-refractivity contribution in [2.24, 2.45) is 5.92 Å². The van der Waals surface area contributed by atoms with Gasteiger partial charge in [-0.25, -0.2) is 4.98 Å². The van der Waals surface area contributed by atoms with Crippen molar-refractivity contribution in [1.82, 2.24) is 14.5 Å². The van der Waals surface area contributed by atoms with E-state index in [1.54, 1.807) is 11.0 Å². The van der Waals surface area contributed by atoms with Crippen molar-refractivity contribution in [2.75, 3.05) is 13.1 Å². The van der Waals surface area contributed by atoms with E-state index in [-0.39, 0.29) is 29.5 Å². The number of piperidine rings is 1. The molecule has 0 radical (unpaired) electrons. The van der Waals surface area contributed by atoms with E-state index >= 15 is 0 Å². The Balaban J connectivity index is 1.63. The Morgan fingerprint density at radius 2 is 2.20 bits per heavy atom. The third-order valence-electron chi connectivity index (χ3n) is 4.93. The third-order valence-corrected chi connectivity index (χ3v) is 4.93. The Morgan fingerprint density at radius 3 is 3.00 bits per heavy atom. The minimum Gasteiger partial charge on any atom is -0.448 e. The SMILES string of the molecule is CC1CCN(C(=O)Cn2cnc3c(oc4ccccc43)c2=O)CC1O. The lowest BCUT2D eigenvalue weighted by molar-refractivity contribution is -0.136.